The summed E-state index contributed by atoms with van der Waals surface area (Å²) in [4.78, 5) is 2.31. The number of nitrogens with zero attached hydrogens (tertiary/aromatic N) is 3. The fraction of sp³-hybridized carbons (Fsp3) is 0.300. The van der Waals surface area contributed by atoms with E-state index in [1.807, 2.05) is 103 Å². The van der Waals surface area contributed by atoms with Gasteiger partial charge in [-0.05, 0) is 62.1 Å². The maximum atomic E-state index is 10.8. The monoisotopic (exact) mass is 483 g/mol. The molecule has 0 saturated heterocycles. The summed E-state index contributed by atoms with van der Waals surface area (Å²) in [6, 6.07) is 29.5. The fourth-order valence-corrected chi connectivity index (χ4v) is 4.32. The minimum Gasteiger partial charge on any atom is -0.491 e. The average molecular weight is 484 g/mol. The van der Waals surface area contributed by atoms with E-state index in [1.54, 1.807) is 0 Å². The van der Waals surface area contributed by atoms with Crippen molar-refractivity contribution < 1.29 is 14.6 Å². The van der Waals surface area contributed by atoms with E-state index < -0.39 is 6.10 Å². The maximum absolute atomic E-state index is 10.8. The van der Waals surface area contributed by atoms with E-state index in [9.17, 15) is 5.11 Å². The number of ether oxygens (including phenoxy) is 2. The average Bonchev–Trinajstić information content (AvgIpc) is 3.68. The standard InChI is InChI=1S/C30H33N3O3/c1-23-29(21-32(19-24-17-18-24)20-26(34)22-35-27-13-7-3-8-14-27)30(36-28-15-9-4-10-16-28)33(31-23)25-11-5-2-6-12-25/h2-16,24,26,34H,17-22H2,1H3/t26-/m1/s1. The second kappa shape index (κ2) is 11.4. The van der Waals surface area contributed by atoms with Gasteiger partial charge in [0.1, 0.15) is 24.2 Å². The number of aliphatic hydroxyl groups is 1. The highest BCUT2D eigenvalue weighted by atomic mass is 16.5. The predicted octanol–water partition coefficient (Wildman–Crippen LogP) is 5.62. The first-order valence-electron chi connectivity index (χ1n) is 12.6. The molecule has 1 fully saturated rings. The SMILES string of the molecule is Cc1nn(-c2ccccc2)c(Oc2ccccc2)c1CN(CC1CC1)C[C@@H](O)COc1ccccc1. The van der Waals surface area contributed by atoms with E-state index in [-0.39, 0.29) is 6.61 Å². The van der Waals surface area contributed by atoms with Crippen LogP contribution in [0.15, 0.2) is 91.0 Å². The first kappa shape index (κ1) is 24.1. The number of hydrogen-bond acceptors (Lipinski definition) is 5. The fourth-order valence-electron chi connectivity index (χ4n) is 4.32. The lowest BCUT2D eigenvalue weighted by atomic mass is 10.2. The first-order chi connectivity index (χ1) is 17.7. The van der Waals surface area contributed by atoms with Gasteiger partial charge in [0.25, 0.3) is 0 Å². The minimum atomic E-state index is -0.605. The van der Waals surface area contributed by atoms with Crippen LogP contribution >= 0.6 is 0 Å². The molecule has 0 unspecified atom stereocenters. The molecule has 6 heteroatoms. The van der Waals surface area contributed by atoms with Gasteiger partial charge in [-0.15, -0.1) is 0 Å². The van der Waals surface area contributed by atoms with E-state index in [0.717, 1.165) is 35.0 Å². The van der Waals surface area contributed by atoms with Crippen molar-refractivity contribution in [2.45, 2.75) is 32.4 Å². The van der Waals surface area contributed by atoms with E-state index in [2.05, 4.69) is 4.90 Å². The van der Waals surface area contributed by atoms with Gasteiger partial charge in [-0.3, -0.25) is 4.90 Å². The Hall–Kier alpha value is -3.61. The number of para-hydroxylation sites is 3. The van der Waals surface area contributed by atoms with Crippen LogP contribution in [0, 0.1) is 12.8 Å². The van der Waals surface area contributed by atoms with Crippen LogP contribution in [0.3, 0.4) is 0 Å². The van der Waals surface area contributed by atoms with Crippen LogP contribution in [0.4, 0.5) is 0 Å². The zero-order chi connectivity index (χ0) is 24.7. The van der Waals surface area contributed by atoms with Gasteiger partial charge >= 0.3 is 0 Å². The Morgan fingerprint density at radius 2 is 1.53 bits per heavy atom. The zero-order valence-electron chi connectivity index (χ0n) is 20.7. The lowest BCUT2D eigenvalue weighted by Gasteiger charge is -2.25. The van der Waals surface area contributed by atoms with Crippen LogP contribution in [-0.2, 0) is 6.54 Å². The zero-order valence-corrected chi connectivity index (χ0v) is 20.7. The third-order valence-corrected chi connectivity index (χ3v) is 6.35. The van der Waals surface area contributed by atoms with Gasteiger partial charge in [-0.25, -0.2) is 4.68 Å². The van der Waals surface area contributed by atoms with Crippen molar-refractivity contribution in [1.82, 2.24) is 14.7 Å². The molecule has 0 spiro atoms. The Morgan fingerprint density at radius 3 is 2.17 bits per heavy atom. The van der Waals surface area contributed by atoms with Gasteiger partial charge < -0.3 is 14.6 Å². The predicted molar refractivity (Wildman–Crippen MR) is 141 cm³/mol. The second-order valence-corrected chi connectivity index (χ2v) is 9.45. The van der Waals surface area contributed by atoms with E-state index in [0.29, 0.717) is 24.9 Å². The molecule has 186 valence electrons. The molecule has 5 rings (SSSR count). The van der Waals surface area contributed by atoms with Gasteiger partial charge in [0, 0.05) is 19.6 Å². The summed E-state index contributed by atoms with van der Waals surface area (Å²) < 4.78 is 14.1. The minimum absolute atomic E-state index is 0.251. The van der Waals surface area contributed by atoms with Gasteiger partial charge in [0.2, 0.25) is 5.88 Å². The number of aryl methyl sites for hydroxylation is 1. The van der Waals surface area contributed by atoms with Crippen molar-refractivity contribution in [3.8, 4) is 23.1 Å². The summed E-state index contributed by atoms with van der Waals surface area (Å²) in [5.41, 5.74) is 2.89. The van der Waals surface area contributed by atoms with Crippen molar-refractivity contribution in [2.75, 3.05) is 19.7 Å². The van der Waals surface area contributed by atoms with Crippen LogP contribution in [0.5, 0.6) is 17.4 Å². The van der Waals surface area contributed by atoms with E-state index in [4.69, 9.17) is 14.6 Å². The van der Waals surface area contributed by atoms with Crippen molar-refractivity contribution >= 4 is 0 Å². The summed E-state index contributed by atoms with van der Waals surface area (Å²) in [5.74, 6) is 2.92. The molecule has 0 amide bonds. The molecule has 3 aromatic carbocycles. The molecule has 1 saturated carbocycles. The summed E-state index contributed by atoms with van der Waals surface area (Å²) in [5, 5.41) is 15.7. The Bertz CT molecular complexity index is 1220. The number of rotatable bonds is 12. The second-order valence-electron chi connectivity index (χ2n) is 9.45. The van der Waals surface area contributed by atoms with Gasteiger partial charge in [-0.1, -0.05) is 54.6 Å². The summed E-state index contributed by atoms with van der Waals surface area (Å²) in [6.45, 7) is 4.37. The van der Waals surface area contributed by atoms with E-state index in [1.165, 1.54) is 12.8 Å². The van der Waals surface area contributed by atoms with E-state index >= 15 is 0 Å². The third-order valence-electron chi connectivity index (χ3n) is 6.35. The summed E-state index contributed by atoms with van der Waals surface area (Å²) >= 11 is 0. The molecule has 1 aliphatic carbocycles. The summed E-state index contributed by atoms with van der Waals surface area (Å²) in [7, 11) is 0. The van der Waals surface area contributed by atoms with Gasteiger partial charge in [0.05, 0.1) is 16.9 Å². The molecule has 1 aromatic heterocycles. The number of aliphatic hydroxyl groups excluding tert-OH is 1. The van der Waals surface area contributed by atoms with Gasteiger partial charge in [0.15, 0.2) is 0 Å². The molecule has 0 bridgehead atoms. The lowest BCUT2D eigenvalue weighted by molar-refractivity contribution is 0.0636. The van der Waals surface area contributed by atoms with Crippen LogP contribution < -0.4 is 9.47 Å². The van der Waals surface area contributed by atoms with Crippen molar-refractivity contribution in [3.05, 3.63) is 102 Å². The number of aromatic nitrogens is 2. The van der Waals surface area contributed by atoms with Crippen molar-refractivity contribution in [1.29, 1.82) is 0 Å². The molecule has 0 aliphatic heterocycles. The molecule has 1 N–H and O–H groups in total. The Balaban J connectivity index is 1.38. The van der Waals surface area contributed by atoms with Crippen LogP contribution in [0.25, 0.3) is 5.69 Å². The number of benzene rings is 3. The highest BCUT2D eigenvalue weighted by Gasteiger charge is 2.28. The smallest absolute Gasteiger partial charge is 0.227 e. The van der Waals surface area contributed by atoms with Crippen molar-refractivity contribution in [3.63, 3.8) is 0 Å². The van der Waals surface area contributed by atoms with Crippen molar-refractivity contribution in [2.24, 2.45) is 5.92 Å². The Kier molecular flexibility index (Phi) is 7.64. The lowest BCUT2D eigenvalue weighted by Crippen LogP contribution is -2.36. The topological polar surface area (TPSA) is 59.8 Å². The Morgan fingerprint density at radius 1 is 0.917 bits per heavy atom. The first-order valence-corrected chi connectivity index (χ1v) is 12.6. The Labute approximate surface area is 212 Å². The molecular formula is C30H33N3O3. The molecule has 6 nitrogen and oxygen atoms in total. The van der Waals surface area contributed by atoms with Gasteiger partial charge in [-0.2, -0.15) is 5.10 Å². The maximum Gasteiger partial charge on any atom is 0.227 e. The number of hydrogen-bond donors (Lipinski definition) is 1. The largest absolute Gasteiger partial charge is 0.491 e. The molecule has 36 heavy (non-hydrogen) atoms. The molecule has 1 atom stereocenters. The molecule has 4 aromatic rings. The normalized spacial score (nSPS) is 14.1. The molecule has 1 aliphatic rings. The highest BCUT2D eigenvalue weighted by Crippen LogP contribution is 2.34. The van der Waals surface area contributed by atoms with Crippen LogP contribution in [0.2, 0.25) is 0 Å². The van der Waals surface area contributed by atoms with Crippen LogP contribution in [0.1, 0.15) is 24.1 Å². The highest BCUT2D eigenvalue weighted by molar-refractivity contribution is 5.43. The van der Waals surface area contributed by atoms with Crippen LogP contribution in [-0.4, -0.2) is 45.6 Å². The summed E-state index contributed by atoms with van der Waals surface area (Å²) in [6.07, 6.45) is 1.87. The quantitative estimate of drug-likeness (QED) is 0.283. The third kappa shape index (κ3) is 6.33. The molecule has 1 heterocycles. The molecular weight excluding hydrogens is 450 g/mol. The molecule has 0 radical (unpaired) electrons.